The number of hydrogen-bond donors (Lipinski definition) is 3. The maximum Gasteiger partial charge on any atom is 0.111 e. The molecule has 2 saturated carbocycles. The van der Waals surface area contributed by atoms with Gasteiger partial charge in [-0.2, -0.15) is 14.1 Å². The lowest BCUT2D eigenvalue weighted by atomic mass is 9.51. The van der Waals surface area contributed by atoms with Gasteiger partial charge in [-0.15, -0.1) is 11.6 Å². The van der Waals surface area contributed by atoms with Gasteiger partial charge in [0.2, 0.25) is 0 Å². The molecule has 0 radical (unpaired) electrons. The third-order valence-electron chi connectivity index (χ3n) is 8.45. The van der Waals surface area contributed by atoms with E-state index in [4.69, 9.17) is 16.3 Å². The fourth-order valence-electron chi connectivity index (χ4n) is 6.61. The van der Waals surface area contributed by atoms with E-state index < -0.39 is 5.60 Å². The summed E-state index contributed by atoms with van der Waals surface area (Å²) in [5.41, 5.74) is -0.753. The van der Waals surface area contributed by atoms with Crippen molar-refractivity contribution in [3.8, 4) is 0 Å². The van der Waals surface area contributed by atoms with Gasteiger partial charge in [-0.25, -0.2) is 0 Å². The van der Waals surface area contributed by atoms with Gasteiger partial charge in [0.15, 0.2) is 0 Å². The molecule has 5 heteroatoms. The molecule has 0 amide bonds. The minimum atomic E-state index is -0.694. The van der Waals surface area contributed by atoms with Gasteiger partial charge in [0.1, 0.15) is 5.60 Å². The first kappa shape index (κ1) is 21.8. The summed E-state index contributed by atoms with van der Waals surface area (Å²) in [5.74, 6) is 1.29. The summed E-state index contributed by atoms with van der Waals surface area (Å²) < 4.78 is 6.69. The average Bonchev–Trinajstić information content (AvgIpc) is 2.98. The highest BCUT2D eigenvalue weighted by atomic mass is 35.5. The van der Waals surface area contributed by atoms with Crippen LogP contribution in [0.15, 0.2) is 0 Å². The number of hydrogen-bond acceptors (Lipinski definition) is 2. The number of aliphatic hydroxyl groups is 1. The van der Waals surface area contributed by atoms with E-state index in [2.05, 4.69) is 47.1 Å². The first-order valence-corrected chi connectivity index (χ1v) is 11.1. The fourth-order valence-corrected chi connectivity index (χ4v) is 6.76. The molecule has 1 heterocycles. The second-order valence-electron chi connectivity index (χ2n) is 10.7. The number of ether oxygens (including phenoxy) is 1. The van der Waals surface area contributed by atoms with Crippen LogP contribution in [0.3, 0.4) is 0 Å². The molecule has 1 aliphatic heterocycles. The van der Waals surface area contributed by atoms with E-state index in [9.17, 15) is 5.11 Å². The van der Waals surface area contributed by atoms with Crippen LogP contribution < -0.4 is 10.6 Å². The highest BCUT2D eigenvalue weighted by Crippen LogP contribution is 2.55. The molecule has 8 atom stereocenters. The molecule has 5 N–H and O–H groups in total. The predicted molar refractivity (Wildman–Crippen MR) is 109 cm³/mol. The van der Waals surface area contributed by atoms with Crippen molar-refractivity contribution in [2.75, 3.05) is 0 Å². The van der Waals surface area contributed by atoms with Crippen LogP contribution in [0.1, 0.15) is 73.1 Å². The Morgan fingerprint density at radius 1 is 1.04 bits per heavy atom. The molecule has 3 rings (SSSR count). The van der Waals surface area contributed by atoms with Crippen LogP contribution >= 0.6 is 11.6 Å². The van der Waals surface area contributed by atoms with Gasteiger partial charge in [-0.3, -0.25) is 0 Å². The quantitative estimate of drug-likeness (QED) is 0.499. The average molecular weight is 401 g/mol. The van der Waals surface area contributed by atoms with Gasteiger partial charge in [-0.05, 0) is 72.6 Å². The van der Waals surface area contributed by atoms with E-state index >= 15 is 0 Å². The Balaban J connectivity index is 1.95. The molecule has 8 unspecified atom stereocenters. The van der Waals surface area contributed by atoms with Crippen LogP contribution in [-0.2, 0) is 4.74 Å². The fraction of sp³-hybridized carbons (Fsp3) is 0.909. The molecule has 0 bridgehead atoms. The summed E-state index contributed by atoms with van der Waals surface area (Å²) in [6, 6.07) is 0.0873. The number of nitrogens with two attached hydrogens (primary N) is 2. The summed E-state index contributed by atoms with van der Waals surface area (Å²) in [5, 5.41) is 15.4. The van der Waals surface area contributed by atoms with Gasteiger partial charge in [0.25, 0.3) is 0 Å². The summed E-state index contributed by atoms with van der Waals surface area (Å²) in [4.78, 5) is -0.350. The second kappa shape index (κ2) is 7.12. The molecule has 158 valence electrons. The van der Waals surface area contributed by atoms with Crippen molar-refractivity contribution in [2.45, 2.75) is 107 Å². The minimum Gasteiger partial charge on any atom is -0.474 e. The second-order valence-corrected chi connectivity index (χ2v) is 11.7. The lowest BCUT2D eigenvalue weighted by molar-refractivity contribution is -0.703. The Morgan fingerprint density at radius 3 is 2.19 bits per heavy atom. The first-order chi connectivity index (χ1) is 12.4. The molecular weight excluding hydrogens is 360 g/mol. The molecule has 27 heavy (non-hydrogen) atoms. The highest BCUT2D eigenvalue weighted by molar-refractivity contribution is 6.23. The van der Waals surface area contributed by atoms with E-state index in [1.807, 2.05) is 12.2 Å². The van der Waals surface area contributed by atoms with Gasteiger partial charge in [0, 0.05) is 18.3 Å². The molecule has 1 saturated heterocycles. The zero-order chi connectivity index (χ0) is 20.3. The lowest BCUT2D eigenvalue weighted by Crippen LogP contribution is -2.98. The summed E-state index contributed by atoms with van der Waals surface area (Å²) in [7, 11) is 8.32. The Hall–Kier alpha value is 0.130. The minimum absolute atomic E-state index is 0.0848. The Kier molecular flexibility index (Phi) is 5.76. The Bertz CT molecular complexity index is 549. The number of alkyl halides is 1. The van der Waals surface area contributed by atoms with Crippen LogP contribution in [0.25, 0.3) is 0 Å². The smallest absolute Gasteiger partial charge is 0.111 e. The number of quaternary nitrogens is 2. The van der Waals surface area contributed by atoms with Crippen molar-refractivity contribution < 1.29 is 20.5 Å². The monoisotopic (exact) mass is 400 g/mol. The maximum atomic E-state index is 11.2. The van der Waals surface area contributed by atoms with E-state index in [1.54, 1.807) is 0 Å². The van der Waals surface area contributed by atoms with Crippen LogP contribution in [-0.4, -0.2) is 38.9 Å². The van der Waals surface area contributed by atoms with Crippen molar-refractivity contribution in [1.82, 2.24) is 0 Å². The highest BCUT2D eigenvalue weighted by Gasteiger charge is 2.62. The molecule has 0 aromatic heterocycles. The van der Waals surface area contributed by atoms with Crippen molar-refractivity contribution in [3.05, 3.63) is 14.1 Å². The van der Waals surface area contributed by atoms with Crippen molar-refractivity contribution in [3.63, 3.8) is 0 Å². The van der Waals surface area contributed by atoms with Gasteiger partial charge >= 0.3 is 0 Å². The summed E-state index contributed by atoms with van der Waals surface area (Å²) in [6.07, 6.45) is 6.25. The summed E-state index contributed by atoms with van der Waals surface area (Å²) >= 11 is 6.62. The molecule has 0 aromatic carbocycles. The third-order valence-corrected chi connectivity index (χ3v) is 8.69. The van der Waals surface area contributed by atoms with E-state index in [0.717, 1.165) is 38.5 Å². The normalized spacial score (nSPS) is 51.2. The number of halogens is 1. The van der Waals surface area contributed by atoms with E-state index in [1.165, 1.54) is 0 Å². The largest absolute Gasteiger partial charge is 0.474 e. The Morgan fingerprint density at radius 2 is 1.67 bits per heavy atom. The predicted octanol–water partition coefficient (Wildman–Crippen LogP) is 1.97. The first-order valence-electron chi connectivity index (χ1n) is 10.7. The van der Waals surface area contributed by atoms with E-state index in [-0.39, 0.29) is 28.2 Å². The number of rotatable bonds is 4. The molecule has 0 spiro atoms. The lowest BCUT2D eigenvalue weighted by Gasteiger charge is -2.59. The Labute approximate surface area is 171 Å². The molecule has 3 aliphatic rings. The topological polar surface area (TPSA) is 62.7 Å². The zero-order valence-corrected chi connectivity index (χ0v) is 18.7. The van der Waals surface area contributed by atoms with Gasteiger partial charge in [-0.1, -0.05) is 0 Å². The SMILES string of the molecule is [CH2-][NH2+]C1C2C(CCC1(C)O)C(C)([NH2+][CH2-])CCC2C1(C)CCC(C(C)(C)Cl)O1. The van der Waals surface area contributed by atoms with Crippen molar-refractivity contribution >= 4 is 11.6 Å². The van der Waals surface area contributed by atoms with Crippen LogP contribution in [0.2, 0.25) is 0 Å². The van der Waals surface area contributed by atoms with E-state index in [0.29, 0.717) is 17.8 Å². The number of fused-ring (bicyclic) bond motifs is 1. The van der Waals surface area contributed by atoms with Crippen LogP contribution in [0.5, 0.6) is 0 Å². The van der Waals surface area contributed by atoms with Crippen molar-refractivity contribution in [1.29, 1.82) is 0 Å². The third kappa shape index (κ3) is 3.70. The molecule has 3 fully saturated rings. The summed E-state index contributed by atoms with van der Waals surface area (Å²) in [6.45, 7) is 10.8. The molecule has 0 aromatic rings. The van der Waals surface area contributed by atoms with Gasteiger partial charge < -0.3 is 20.5 Å². The molecule has 4 nitrogen and oxygen atoms in total. The standard InChI is InChI=1S/C22H41ClN2O2/c1-19(2,23)16-10-13-22(5,27-16)15-8-11-20(3,25-7)14-9-12-21(4,26)18(24-6)17(14)15/h14-18,26H,6-13,24-25H2,1-5H3. The van der Waals surface area contributed by atoms with Crippen LogP contribution in [0, 0.1) is 31.8 Å². The van der Waals surface area contributed by atoms with Gasteiger partial charge in [0.05, 0.1) is 28.2 Å². The molecular formula is C22H41ClN2O2. The van der Waals surface area contributed by atoms with Crippen LogP contribution in [0.4, 0.5) is 0 Å². The maximum absolute atomic E-state index is 11.2. The van der Waals surface area contributed by atoms with Crippen molar-refractivity contribution in [2.24, 2.45) is 17.8 Å². The molecule has 2 aliphatic carbocycles. The zero-order valence-electron chi connectivity index (χ0n) is 17.9.